The molecule has 1 fully saturated rings. The van der Waals surface area contributed by atoms with E-state index in [1.165, 1.54) is 41.9 Å². The van der Waals surface area contributed by atoms with Crippen molar-refractivity contribution in [1.82, 2.24) is 4.98 Å². The molecule has 0 spiro atoms. The predicted octanol–water partition coefficient (Wildman–Crippen LogP) is 1.85. The topological polar surface area (TPSA) is 50.3 Å². The monoisotopic (exact) mass is 268 g/mol. The van der Waals surface area contributed by atoms with Gasteiger partial charge in [0.25, 0.3) is 0 Å². The van der Waals surface area contributed by atoms with Crippen molar-refractivity contribution in [1.29, 1.82) is 0 Å². The lowest BCUT2D eigenvalue weighted by atomic mass is 10.1. The Morgan fingerprint density at radius 3 is 3.11 bits per heavy atom. The summed E-state index contributed by atoms with van der Waals surface area (Å²) in [7, 11) is 0. The van der Waals surface area contributed by atoms with Gasteiger partial charge in [-0.05, 0) is 18.1 Å². The third-order valence-electron chi connectivity index (χ3n) is 2.72. The molecule has 0 aliphatic carbocycles. The van der Waals surface area contributed by atoms with Crippen LogP contribution in [0, 0.1) is 11.7 Å². The van der Waals surface area contributed by atoms with Crippen molar-refractivity contribution in [2.75, 3.05) is 17.2 Å². The van der Waals surface area contributed by atoms with Gasteiger partial charge in [-0.1, -0.05) is 11.8 Å². The SMILES string of the molecule is CC(=O)SCC1CC(=O)N(c2ncccc2F)C1. The zero-order chi connectivity index (χ0) is 13.1. The molecule has 1 atom stereocenters. The van der Waals surface area contributed by atoms with Crippen molar-refractivity contribution in [3.05, 3.63) is 24.1 Å². The zero-order valence-electron chi connectivity index (χ0n) is 9.93. The molecule has 1 amide bonds. The van der Waals surface area contributed by atoms with E-state index >= 15 is 0 Å². The molecular formula is C12H13FN2O2S. The van der Waals surface area contributed by atoms with E-state index in [4.69, 9.17) is 0 Å². The Kier molecular flexibility index (Phi) is 3.96. The maximum Gasteiger partial charge on any atom is 0.228 e. The third-order valence-corrected chi connectivity index (χ3v) is 3.77. The zero-order valence-corrected chi connectivity index (χ0v) is 10.7. The van der Waals surface area contributed by atoms with Crippen LogP contribution in [0.15, 0.2) is 18.3 Å². The second-order valence-corrected chi connectivity index (χ2v) is 5.38. The lowest BCUT2D eigenvalue weighted by Crippen LogP contribution is -2.26. The number of thioether (sulfide) groups is 1. The van der Waals surface area contributed by atoms with E-state index in [9.17, 15) is 14.0 Å². The molecule has 4 nitrogen and oxygen atoms in total. The molecule has 0 bridgehead atoms. The van der Waals surface area contributed by atoms with E-state index in [1.807, 2.05) is 0 Å². The fraction of sp³-hybridized carbons (Fsp3) is 0.417. The highest BCUT2D eigenvalue weighted by atomic mass is 32.2. The summed E-state index contributed by atoms with van der Waals surface area (Å²) in [6, 6.07) is 2.77. The van der Waals surface area contributed by atoms with Gasteiger partial charge in [0, 0.05) is 31.8 Å². The molecule has 0 N–H and O–H groups in total. The van der Waals surface area contributed by atoms with Gasteiger partial charge >= 0.3 is 0 Å². The summed E-state index contributed by atoms with van der Waals surface area (Å²) in [4.78, 5) is 27.9. The summed E-state index contributed by atoms with van der Waals surface area (Å²) in [5.74, 6) is 0.115. The first-order valence-corrected chi connectivity index (χ1v) is 6.60. The average Bonchev–Trinajstić information content (AvgIpc) is 2.69. The first kappa shape index (κ1) is 13.0. The number of aromatic nitrogens is 1. The minimum Gasteiger partial charge on any atom is -0.294 e. The quantitative estimate of drug-likeness (QED) is 0.839. The number of carbonyl (C=O) groups is 2. The molecule has 0 aromatic carbocycles. The van der Waals surface area contributed by atoms with E-state index in [0.29, 0.717) is 18.7 Å². The number of rotatable bonds is 3. The number of nitrogens with zero attached hydrogens (tertiary/aromatic N) is 2. The lowest BCUT2D eigenvalue weighted by Gasteiger charge is -2.15. The molecule has 1 aliphatic rings. The summed E-state index contributed by atoms with van der Waals surface area (Å²) >= 11 is 1.20. The van der Waals surface area contributed by atoms with Crippen LogP contribution < -0.4 is 4.90 Å². The first-order valence-electron chi connectivity index (χ1n) is 5.62. The van der Waals surface area contributed by atoms with Crippen LogP contribution in [0.4, 0.5) is 10.2 Å². The molecule has 1 aromatic rings. The molecule has 1 unspecified atom stereocenters. The molecule has 2 heterocycles. The first-order chi connectivity index (χ1) is 8.58. The van der Waals surface area contributed by atoms with Gasteiger partial charge < -0.3 is 0 Å². The van der Waals surface area contributed by atoms with Crippen LogP contribution in [0.3, 0.4) is 0 Å². The van der Waals surface area contributed by atoms with E-state index in [1.54, 1.807) is 0 Å². The fourth-order valence-electron chi connectivity index (χ4n) is 1.91. The summed E-state index contributed by atoms with van der Waals surface area (Å²) < 4.78 is 13.5. The lowest BCUT2D eigenvalue weighted by molar-refractivity contribution is -0.117. The van der Waals surface area contributed by atoms with Crippen molar-refractivity contribution in [3.63, 3.8) is 0 Å². The predicted molar refractivity (Wildman–Crippen MR) is 67.8 cm³/mol. The maximum atomic E-state index is 13.5. The number of hydrogen-bond acceptors (Lipinski definition) is 4. The van der Waals surface area contributed by atoms with Crippen LogP contribution in [0.5, 0.6) is 0 Å². The number of amides is 1. The molecule has 1 aliphatic heterocycles. The van der Waals surface area contributed by atoms with Crippen molar-refractivity contribution in [2.24, 2.45) is 5.92 Å². The van der Waals surface area contributed by atoms with Crippen LogP contribution in [-0.4, -0.2) is 28.3 Å². The van der Waals surface area contributed by atoms with Gasteiger partial charge in [-0.15, -0.1) is 0 Å². The number of halogens is 1. The molecule has 2 rings (SSSR count). The van der Waals surface area contributed by atoms with Gasteiger partial charge in [-0.25, -0.2) is 9.37 Å². The molecule has 0 radical (unpaired) electrons. The van der Waals surface area contributed by atoms with Crippen molar-refractivity contribution >= 4 is 28.6 Å². The smallest absolute Gasteiger partial charge is 0.228 e. The van der Waals surface area contributed by atoms with Gasteiger partial charge in [0.05, 0.1) is 0 Å². The molecule has 1 aromatic heterocycles. The highest BCUT2D eigenvalue weighted by Crippen LogP contribution is 2.27. The Morgan fingerprint density at radius 2 is 2.44 bits per heavy atom. The molecule has 6 heteroatoms. The Balaban J connectivity index is 2.06. The van der Waals surface area contributed by atoms with Gasteiger partial charge in [-0.2, -0.15) is 0 Å². The second kappa shape index (κ2) is 5.48. The maximum absolute atomic E-state index is 13.5. The van der Waals surface area contributed by atoms with Crippen LogP contribution in [0.2, 0.25) is 0 Å². The van der Waals surface area contributed by atoms with Crippen LogP contribution in [-0.2, 0) is 9.59 Å². The van der Waals surface area contributed by atoms with E-state index in [0.717, 1.165) is 0 Å². The molecule has 0 saturated carbocycles. The number of hydrogen-bond donors (Lipinski definition) is 0. The highest BCUT2D eigenvalue weighted by Gasteiger charge is 2.32. The normalized spacial score (nSPS) is 19.3. The van der Waals surface area contributed by atoms with Gasteiger partial charge in [0.2, 0.25) is 5.91 Å². The summed E-state index contributed by atoms with van der Waals surface area (Å²) in [6.07, 6.45) is 1.81. The molecule has 1 saturated heterocycles. The number of pyridine rings is 1. The van der Waals surface area contributed by atoms with Crippen molar-refractivity contribution in [2.45, 2.75) is 13.3 Å². The number of carbonyl (C=O) groups excluding carboxylic acids is 2. The molecule has 18 heavy (non-hydrogen) atoms. The van der Waals surface area contributed by atoms with Crippen molar-refractivity contribution in [3.8, 4) is 0 Å². The van der Waals surface area contributed by atoms with Gasteiger partial charge in [0.15, 0.2) is 16.8 Å². The van der Waals surface area contributed by atoms with E-state index in [2.05, 4.69) is 4.98 Å². The number of anilines is 1. The standard InChI is InChI=1S/C12H13FN2O2S/c1-8(16)18-7-9-5-11(17)15(6-9)12-10(13)3-2-4-14-12/h2-4,9H,5-7H2,1H3. The Morgan fingerprint density at radius 1 is 1.67 bits per heavy atom. The fourth-order valence-corrected chi connectivity index (χ4v) is 2.60. The summed E-state index contributed by atoms with van der Waals surface area (Å²) in [5, 5.41) is 0.0323. The van der Waals surface area contributed by atoms with E-state index in [-0.39, 0.29) is 22.8 Å². The van der Waals surface area contributed by atoms with Gasteiger partial charge in [0.1, 0.15) is 0 Å². The summed E-state index contributed by atoms with van der Waals surface area (Å²) in [6.45, 7) is 1.92. The largest absolute Gasteiger partial charge is 0.294 e. The van der Waals surface area contributed by atoms with Crippen LogP contribution in [0.25, 0.3) is 0 Å². The Bertz CT molecular complexity index is 481. The van der Waals surface area contributed by atoms with Gasteiger partial charge in [-0.3, -0.25) is 14.5 Å². The minimum absolute atomic E-state index is 0.0323. The Hall–Kier alpha value is -1.43. The summed E-state index contributed by atoms with van der Waals surface area (Å²) in [5.41, 5.74) is 0. The van der Waals surface area contributed by atoms with Crippen molar-refractivity contribution < 1.29 is 14.0 Å². The van der Waals surface area contributed by atoms with Crippen LogP contribution in [0.1, 0.15) is 13.3 Å². The Labute approximate surface area is 109 Å². The minimum atomic E-state index is -0.495. The van der Waals surface area contributed by atoms with E-state index < -0.39 is 5.82 Å². The highest BCUT2D eigenvalue weighted by molar-refractivity contribution is 8.13. The average molecular weight is 268 g/mol. The third kappa shape index (κ3) is 2.87. The second-order valence-electron chi connectivity index (χ2n) is 4.19. The molecule has 96 valence electrons. The molecular weight excluding hydrogens is 255 g/mol. The van der Waals surface area contributed by atoms with Crippen LogP contribution >= 0.6 is 11.8 Å².